The summed E-state index contributed by atoms with van der Waals surface area (Å²) in [6.45, 7) is 7.06. The van der Waals surface area contributed by atoms with Gasteiger partial charge in [-0.05, 0) is 36.1 Å². The lowest BCUT2D eigenvalue weighted by Crippen LogP contribution is -2.43. The van der Waals surface area contributed by atoms with Gasteiger partial charge in [-0.3, -0.25) is 4.90 Å². The van der Waals surface area contributed by atoms with E-state index >= 15 is 0 Å². The van der Waals surface area contributed by atoms with Crippen LogP contribution in [0.5, 0.6) is 0 Å². The van der Waals surface area contributed by atoms with E-state index in [1.807, 2.05) is 35.2 Å². The fraction of sp³-hybridized carbons (Fsp3) is 0.417. The van der Waals surface area contributed by atoms with Gasteiger partial charge in [0.2, 0.25) is 0 Å². The highest BCUT2D eigenvalue weighted by molar-refractivity contribution is 5.74. The van der Waals surface area contributed by atoms with Crippen molar-refractivity contribution in [2.24, 2.45) is 0 Å². The molecule has 152 valence electrons. The van der Waals surface area contributed by atoms with Crippen molar-refractivity contribution in [2.45, 2.75) is 32.2 Å². The van der Waals surface area contributed by atoms with Crippen LogP contribution in [0, 0.1) is 11.3 Å². The molecule has 0 aliphatic carbocycles. The van der Waals surface area contributed by atoms with Crippen molar-refractivity contribution in [1.82, 2.24) is 15.1 Å². The Morgan fingerprint density at radius 3 is 2.52 bits per heavy atom. The minimum atomic E-state index is 0.0413. The van der Waals surface area contributed by atoms with Gasteiger partial charge >= 0.3 is 6.03 Å². The van der Waals surface area contributed by atoms with Crippen LogP contribution < -0.4 is 5.32 Å². The van der Waals surface area contributed by atoms with E-state index in [1.54, 1.807) is 0 Å². The Morgan fingerprint density at radius 2 is 1.83 bits per heavy atom. The molecule has 3 rings (SSSR count). The molecule has 1 heterocycles. The number of hydrogen-bond acceptors (Lipinski definition) is 3. The number of benzene rings is 2. The summed E-state index contributed by atoms with van der Waals surface area (Å²) in [6.07, 6.45) is 1.97. The van der Waals surface area contributed by atoms with E-state index in [9.17, 15) is 4.79 Å². The molecule has 0 bridgehead atoms. The van der Waals surface area contributed by atoms with Crippen molar-refractivity contribution in [3.8, 4) is 6.07 Å². The Balaban J connectivity index is 1.48. The van der Waals surface area contributed by atoms with Crippen LogP contribution in [0.1, 0.15) is 42.4 Å². The van der Waals surface area contributed by atoms with Gasteiger partial charge in [-0.1, -0.05) is 49.4 Å². The lowest BCUT2D eigenvalue weighted by Gasteiger charge is -2.24. The quantitative estimate of drug-likeness (QED) is 0.812. The molecular formula is C24H30N4O. The first-order valence-corrected chi connectivity index (χ1v) is 10.5. The Morgan fingerprint density at radius 1 is 1.07 bits per heavy atom. The van der Waals surface area contributed by atoms with E-state index in [0.717, 1.165) is 45.6 Å². The summed E-state index contributed by atoms with van der Waals surface area (Å²) in [5.41, 5.74) is 3.17. The molecule has 5 heteroatoms. The predicted molar refractivity (Wildman–Crippen MR) is 115 cm³/mol. The number of carbonyl (C=O) groups excluding carboxylic acids is 1. The summed E-state index contributed by atoms with van der Waals surface area (Å²) < 4.78 is 0. The fourth-order valence-electron chi connectivity index (χ4n) is 3.82. The summed E-state index contributed by atoms with van der Waals surface area (Å²) in [6, 6.07) is 20.4. The van der Waals surface area contributed by atoms with Crippen LogP contribution in [-0.2, 0) is 6.54 Å². The molecule has 29 heavy (non-hydrogen) atoms. The van der Waals surface area contributed by atoms with Gasteiger partial charge in [0, 0.05) is 45.2 Å². The Labute approximate surface area is 173 Å². The van der Waals surface area contributed by atoms with Crippen molar-refractivity contribution in [3.05, 3.63) is 71.3 Å². The number of hydrogen-bond donors (Lipinski definition) is 1. The standard InChI is InChI=1S/C24H30N4O/c1-2-22(23-7-4-3-5-8-23)18-26-24(29)28-14-6-13-27(15-16-28)19-21-11-9-20(17-25)10-12-21/h3-5,7-12,22H,2,6,13-16,18-19H2,1H3,(H,26,29). The van der Waals surface area contributed by atoms with E-state index in [4.69, 9.17) is 5.26 Å². The second-order valence-electron chi connectivity index (χ2n) is 7.63. The minimum absolute atomic E-state index is 0.0413. The second kappa shape index (κ2) is 10.6. The average Bonchev–Trinajstić information content (AvgIpc) is 3.01. The summed E-state index contributed by atoms with van der Waals surface area (Å²) in [7, 11) is 0. The molecule has 1 unspecified atom stereocenters. The lowest BCUT2D eigenvalue weighted by molar-refractivity contribution is 0.197. The largest absolute Gasteiger partial charge is 0.337 e. The molecule has 2 aromatic carbocycles. The molecule has 1 aliphatic heterocycles. The number of nitriles is 1. The fourth-order valence-corrected chi connectivity index (χ4v) is 3.82. The molecule has 2 amide bonds. The third kappa shape index (κ3) is 6.07. The molecule has 0 radical (unpaired) electrons. The molecule has 1 aliphatic rings. The summed E-state index contributed by atoms with van der Waals surface area (Å²) in [4.78, 5) is 17.0. The smallest absolute Gasteiger partial charge is 0.317 e. The van der Waals surface area contributed by atoms with Crippen LogP contribution in [0.4, 0.5) is 4.79 Å². The highest BCUT2D eigenvalue weighted by atomic mass is 16.2. The van der Waals surface area contributed by atoms with Gasteiger partial charge in [0.25, 0.3) is 0 Å². The zero-order valence-corrected chi connectivity index (χ0v) is 17.2. The van der Waals surface area contributed by atoms with Gasteiger partial charge in [0.05, 0.1) is 11.6 Å². The topological polar surface area (TPSA) is 59.4 Å². The van der Waals surface area contributed by atoms with Gasteiger partial charge in [0.15, 0.2) is 0 Å². The van der Waals surface area contributed by atoms with Gasteiger partial charge in [-0.15, -0.1) is 0 Å². The molecule has 1 saturated heterocycles. The molecule has 2 aromatic rings. The van der Waals surface area contributed by atoms with Crippen LogP contribution in [0.15, 0.2) is 54.6 Å². The van der Waals surface area contributed by atoms with Crippen molar-refractivity contribution < 1.29 is 4.79 Å². The summed E-state index contributed by atoms with van der Waals surface area (Å²) in [5.74, 6) is 0.347. The average molecular weight is 391 g/mol. The van der Waals surface area contributed by atoms with Crippen molar-refractivity contribution >= 4 is 6.03 Å². The van der Waals surface area contributed by atoms with Gasteiger partial charge in [0.1, 0.15) is 0 Å². The molecule has 1 N–H and O–H groups in total. The SMILES string of the molecule is CCC(CNC(=O)N1CCCN(Cc2ccc(C#N)cc2)CC1)c1ccccc1. The Hall–Kier alpha value is -2.84. The number of rotatable bonds is 6. The summed E-state index contributed by atoms with van der Waals surface area (Å²) >= 11 is 0. The predicted octanol–water partition coefficient (Wildman–Crippen LogP) is 3.97. The first-order valence-electron chi connectivity index (χ1n) is 10.5. The first kappa shape index (κ1) is 20.9. The maximum Gasteiger partial charge on any atom is 0.317 e. The van der Waals surface area contributed by atoms with Gasteiger partial charge in [-0.2, -0.15) is 5.26 Å². The second-order valence-corrected chi connectivity index (χ2v) is 7.63. The number of amides is 2. The zero-order valence-electron chi connectivity index (χ0n) is 17.2. The van der Waals surface area contributed by atoms with E-state index in [2.05, 4.69) is 47.5 Å². The zero-order chi connectivity index (χ0) is 20.5. The van der Waals surface area contributed by atoms with Crippen molar-refractivity contribution in [1.29, 1.82) is 5.26 Å². The number of nitrogens with one attached hydrogen (secondary N) is 1. The highest BCUT2D eigenvalue weighted by Gasteiger charge is 2.20. The molecular weight excluding hydrogens is 360 g/mol. The van der Waals surface area contributed by atoms with Crippen LogP contribution in [0.3, 0.4) is 0 Å². The number of urea groups is 1. The normalized spacial score (nSPS) is 15.9. The molecule has 1 fully saturated rings. The molecule has 1 atom stereocenters. The molecule has 0 spiro atoms. The van der Waals surface area contributed by atoms with Crippen LogP contribution in [0.2, 0.25) is 0 Å². The third-order valence-corrected chi connectivity index (χ3v) is 5.63. The lowest BCUT2D eigenvalue weighted by atomic mass is 9.97. The molecule has 5 nitrogen and oxygen atoms in total. The van der Waals surface area contributed by atoms with Gasteiger partial charge in [-0.25, -0.2) is 4.79 Å². The minimum Gasteiger partial charge on any atom is -0.337 e. The highest BCUT2D eigenvalue weighted by Crippen LogP contribution is 2.18. The van der Waals surface area contributed by atoms with Crippen LogP contribution in [-0.4, -0.2) is 48.6 Å². The first-order chi connectivity index (χ1) is 14.2. The van der Waals surface area contributed by atoms with E-state index in [-0.39, 0.29) is 6.03 Å². The van der Waals surface area contributed by atoms with Gasteiger partial charge < -0.3 is 10.2 Å². The number of nitrogens with zero attached hydrogens (tertiary/aromatic N) is 3. The Bertz CT molecular complexity index is 813. The van der Waals surface area contributed by atoms with E-state index < -0.39 is 0 Å². The third-order valence-electron chi connectivity index (χ3n) is 5.63. The van der Waals surface area contributed by atoms with Crippen LogP contribution in [0.25, 0.3) is 0 Å². The Kier molecular flexibility index (Phi) is 7.66. The maximum absolute atomic E-state index is 12.7. The van der Waals surface area contributed by atoms with Crippen LogP contribution >= 0.6 is 0 Å². The van der Waals surface area contributed by atoms with E-state index in [0.29, 0.717) is 18.0 Å². The monoisotopic (exact) mass is 390 g/mol. The number of carbonyl (C=O) groups is 1. The molecule has 0 aromatic heterocycles. The summed E-state index contributed by atoms with van der Waals surface area (Å²) in [5, 5.41) is 12.1. The molecule has 0 saturated carbocycles. The van der Waals surface area contributed by atoms with Crippen molar-refractivity contribution in [2.75, 3.05) is 32.7 Å². The van der Waals surface area contributed by atoms with E-state index in [1.165, 1.54) is 11.1 Å². The van der Waals surface area contributed by atoms with Crippen molar-refractivity contribution in [3.63, 3.8) is 0 Å². The maximum atomic E-state index is 12.7.